The Balaban J connectivity index is 1.43. The molecule has 128 valence electrons. The van der Waals surface area contributed by atoms with Crippen LogP contribution in [0.5, 0.6) is 11.5 Å². The average Bonchev–Trinajstić information content (AvgIpc) is 3.03. The van der Waals surface area contributed by atoms with Crippen LogP contribution in [0, 0.1) is 0 Å². The van der Waals surface area contributed by atoms with E-state index in [-0.39, 0.29) is 5.91 Å². The van der Waals surface area contributed by atoms with Crippen LogP contribution in [0.2, 0.25) is 0 Å². The topological polar surface area (TPSA) is 88.3 Å². The van der Waals surface area contributed by atoms with Crippen LogP contribution >= 0.6 is 0 Å². The molecule has 4 rings (SSSR count). The van der Waals surface area contributed by atoms with E-state index < -0.39 is 6.04 Å². The van der Waals surface area contributed by atoms with Gasteiger partial charge in [-0.05, 0) is 31.2 Å². The maximum absolute atomic E-state index is 12.4. The number of carbonyl (C=O) groups is 1. The number of H-pyrrole nitrogens is 1. The van der Waals surface area contributed by atoms with Crippen molar-refractivity contribution in [2.24, 2.45) is 0 Å². The number of benzene rings is 2. The molecule has 0 saturated heterocycles. The predicted molar refractivity (Wildman–Crippen MR) is 95.2 cm³/mol. The fourth-order valence-corrected chi connectivity index (χ4v) is 2.69. The number of fused-ring (bicyclic) bond motifs is 2. The van der Waals surface area contributed by atoms with E-state index in [0.29, 0.717) is 24.9 Å². The van der Waals surface area contributed by atoms with Crippen LogP contribution in [0.3, 0.4) is 0 Å². The van der Waals surface area contributed by atoms with Gasteiger partial charge in [0, 0.05) is 11.8 Å². The number of nitrogens with zero attached hydrogens (tertiary/aromatic N) is 1. The van der Waals surface area contributed by atoms with Gasteiger partial charge in [0.15, 0.2) is 11.5 Å². The number of aromatic nitrogens is 2. The molecule has 1 amide bonds. The molecule has 0 aliphatic carbocycles. The van der Waals surface area contributed by atoms with Crippen molar-refractivity contribution < 1.29 is 14.3 Å². The molecule has 1 aliphatic rings. The maximum Gasteiger partial charge on any atom is 0.248 e. The zero-order chi connectivity index (χ0) is 17.2. The molecule has 0 radical (unpaired) electrons. The largest absolute Gasteiger partial charge is 0.486 e. The van der Waals surface area contributed by atoms with Gasteiger partial charge in [-0.3, -0.25) is 10.1 Å². The Morgan fingerprint density at radius 1 is 1.16 bits per heavy atom. The molecule has 0 saturated carbocycles. The van der Waals surface area contributed by atoms with Crippen LogP contribution < -0.4 is 20.1 Å². The third-order valence-corrected chi connectivity index (χ3v) is 3.95. The number of hydrogen-bond acceptors (Lipinski definition) is 5. The number of rotatable bonds is 4. The van der Waals surface area contributed by atoms with Crippen LogP contribution in [0.1, 0.15) is 6.92 Å². The molecule has 2 heterocycles. The van der Waals surface area contributed by atoms with Crippen molar-refractivity contribution in [1.29, 1.82) is 0 Å². The minimum Gasteiger partial charge on any atom is -0.486 e. The van der Waals surface area contributed by atoms with Crippen LogP contribution in [-0.4, -0.2) is 35.1 Å². The van der Waals surface area contributed by atoms with Crippen molar-refractivity contribution in [3.05, 3.63) is 42.5 Å². The second kappa shape index (κ2) is 6.35. The number of aromatic amines is 1. The zero-order valence-corrected chi connectivity index (χ0v) is 13.7. The fourth-order valence-electron chi connectivity index (χ4n) is 2.69. The first-order valence-electron chi connectivity index (χ1n) is 8.11. The number of para-hydroxylation sites is 2. The van der Waals surface area contributed by atoms with E-state index in [1.165, 1.54) is 0 Å². The highest BCUT2D eigenvalue weighted by atomic mass is 16.6. The summed E-state index contributed by atoms with van der Waals surface area (Å²) in [6, 6.07) is 12.7. The van der Waals surface area contributed by atoms with E-state index in [4.69, 9.17) is 9.47 Å². The van der Waals surface area contributed by atoms with Crippen LogP contribution in [0.25, 0.3) is 11.0 Å². The number of carbonyl (C=O) groups excluding carboxylic acids is 1. The minimum atomic E-state index is -0.448. The maximum atomic E-state index is 12.4. The van der Waals surface area contributed by atoms with E-state index in [2.05, 4.69) is 20.6 Å². The number of anilines is 2. The Bertz CT molecular complexity index is 889. The highest BCUT2D eigenvalue weighted by Crippen LogP contribution is 2.32. The molecular weight excluding hydrogens is 320 g/mol. The minimum absolute atomic E-state index is 0.186. The summed E-state index contributed by atoms with van der Waals surface area (Å²) in [7, 11) is 0. The summed E-state index contributed by atoms with van der Waals surface area (Å²) in [5, 5.41) is 5.95. The van der Waals surface area contributed by atoms with Gasteiger partial charge in [-0.2, -0.15) is 0 Å². The van der Waals surface area contributed by atoms with Crippen molar-refractivity contribution in [3.8, 4) is 11.5 Å². The Kier molecular flexibility index (Phi) is 3.89. The molecule has 7 nitrogen and oxygen atoms in total. The molecule has 7 heteroatoms. The first-order chi connectivity index (χ1) is 12.2. The SMILES string of the molecule is CC(Nc1ccc2c(c1)OCCO2)C(=O)Nc1nc2ccccc2[nH]1. The average molecular weight is 338 g/mol. The molecule has 0 spiro atoms. The number of amides is 1. The van der Waals surface area contributed by atoms with Gasteiger partial charge in [0.2, 0.25) is 11.9 Å². The summed E-state index contributed by atoms with van der Waals surface area (Å²) in [4.78, 5) is 19.8. The Hall–Kier alpha value is -3.22. The number of ether oxygens (including phenoxy) is 2. The summed E-state index contributed by atoms with van der Waals surface area (Å²) < 4.78 is 11.0. The predicted octanol–water partition coefficient (Wildman–Crippen LogP) is 2.77. The molecule has 3 N–H and O–H groups in total. The Labute approximate surface area is 144 Å². The quantitative estimate of drug-likeness (QED) is 0.681. The van der Waals surface area contributed by atoms with Gasteiger partial charge >= 0.3 is 0 Å². The third kappa shape index (κ3) is 3.21. The molecule has 1 unspecified atom stereocenters. The normalized spacial score (nSPS) is 14.1. The number of imidazole rings is 1. The lowest BCUT2D eigenvalue weighted by atomic mass is 10.2. The number of nitrogens with one attached hydrogen (secondary N) is 3. The molecule has 0 bridgehead atoms. The van der Waals surface area contributed by atoms with Crippen molar-refractivity contribution in [1.82, 2.24) is 9.97 Å². The zero-order valence-electron chi connectivity index (χ0n) is 13.7. The fraction of sp³-hybridized carbons (Fsp3) is 0.222. The summed E-state index contributed by atoms with van der Waals surface area (Å²) in [5.74, 6) is 1.65. The second-order valence-corrected chi connectivity index (χ2v) is 5.82. The lowest BCUT2D eigenvalue weighted by Crippen LogP contribution is -2.32. The van der Waals surface area contributed by atoms with E-state index in [1.807, 2.05) is 42.5 Å². The van der Waals surface area contributed by atoms with Gasteiger partial charge in [-0.15, -0.1) is 0 Å². The molecule has 25 heavy (non-hydrogen) atoms. The monoisotopic (exact) mass is 338 g/mol. The Morgan fingerprint density at radius 2 is 1.96 bits per heavy atom. The molecule has 1 aliphatic heterocycles. The lowest BCUT2D eigenvalue weighted by Gasteiger charge is -2.20. The molecular formula is C18H18N4O3. The summed E-state index contributed by atoms with van der Waals surface area (Å²) in [5.41, 5.74) is 2.48. The van der Waals surface area contributed by atoms with Crippen LogP contribution in [-0.2, 0) is 4.79 Å². The van der Waals surface area contributed by atoms with Crippen molar-refractivity contribution in [2.75, 3.05) is 23.8 Å². The highest BCUT2D eigenvalue weighted by molar-refractivity contribution is 5.96. The second-order valence-electron chi connectivity index (χ2n) is 5.82. The van der Waals surface area contributed by atoms with Crippen LogP contribution in [0.4, 0.5) is 11.6 Å². The summed E-state index contributed by atoms with van der Waals surface area (Å²) >= 11 is 0. The summed E-state index contributed by atoms with van der Waals surface area (Å²) in [6.45, 7) is 2.86. The van der Waals surface area contributed by atoms with Gasteiger partial charge in [0.05, 0.1) is 11.0 Å². The molecule has 2 aromatic carbocycles. The standard InChI is InChI=1S/C18H18N4O3/c1-11(19-12-6-7-15-16(10-12)25-9-8-24-15)17(23)22-18-20-13-4-2-3-5-14(13)21-18/h2-7,10-11,19H,8-9H2,1H3,(H2,20,21,22,23). The van der Waals surface area contributed by atoms with Crippen molar-refractivity contribution in [2.45, 2.75) is 13.0 Å². The van der Waals surface area contributed by atoms with Gasteiger partial charge in [0.1, 0.15) is 19.3 Å². The molecule has 1 atom stereocenters. The Morgan fingerprint density at radius 3 is 2.80 bits per heavy atom. The number of hydrogen-bond donors (Lipinski definition) is 3. The highest BCUT2D eigenvalue weighted by Gasteiger charge is 2.17. The van der Waals surface area contributed by atoms with Crippen molar-refractivity contribution >= 4 is 28.6 Å². The van der Waals surface area contributed by atoms with Gasteiger partial charge < -0.3 is 19.8 Å². The first kappa shape index (κ1) is 15.3. The summed E-state index contributed by atoms with van der Waals surface area (Å²) in [6.07, 6.45) is 0. The van der Waals surface area contributed by atoms with E-state index >= 15 is 0 Å². The van der Waals surface area contributed by atoms with Gasteiger partial charge in [-0.25, -0.2) is 4.98 Å². The smallest absolute Gasteiger partial charge is 0.248 e. The third-order valence-electron chi connectivity index (χ3n) is 3.95. The molecule has 0 fully saturated rings. The first-order valence-corrected chi connectivity index (χ1v) is 8.11. The van der Waals surface area contributed by atoms with Gasteiger partial charge in [0.25, 0.3) is 0 Å². The molecule has 1 aromatic heterocycles. The molecule has 3 aromatic rings. The lowest BCUT2D eigenvalue weighted by molar-refractivity contribution is -0.116. The van der Waals surface area contributed by atoms with E-state index in [0.717, 1.165) is 22.5 Å². The van der Waals surface area contributed by atoms with E-state index in [1.54, 1.807) is 6.92 Å². The van der Waals surface area contributed by atoms with Crippen LogP contribution in [0.15, 0.2) is 42.5 Å². The van der Waals surface area contributed by atoms with E-state index in [9.17, 15) is 4.79 Å². The van der Waals surface area contributed by atoms with Crippen molar-refractivity contribution in [3.63, 3.8) is 0 Å². The van der Waals surface area contributed by atoms with Gasteiger partial charge in [-0.1, -0.05) is 12.1 Å².